The molecule has 0 spiro atoms. The second-order valence-corrected chi connectivity index (χ2v) is 8.99. The van der Waals surface area contributed by atoms with Crippen molar-refractivity contribution in [2.75, 3.05) is 0 Å². The lowest BCUT2D eigenvalue weighted by Crippen LogP contribution is -2.02. The van der Waals surface area contributed by atoms with Crippen LogP contribution < -0.4 is 10.7 Å². The van der Waals surface area contributed by atoms with Crippen LogP contribution in [-0.2, 0) is 0 Å². The first-order valence-electron chi connectivity index (χ1n) is 12.5. The summed E-state index contributed by atoms with van der Waals surface area (Å²) >= 11 is 0. The van der Waals surface area contributed by atoms with Gasteiger partial charge in [0.1, 0.15) is 5.75 Å². The highest BCUT2D eigenvalue weighted by atomic mass is 16.6. The number of nitrogens with two attached hydrogens (primary N) is 1. The summed E-state index contributed by atoms with van der Waals surface area (Å²) in [6, 6.07) is 41.3. The molecule has 3 N–H and O–H groups in total. The molecule has 0 atom stereocenters. The maximum absolute atomic E-state index is 10.7. The van der Waals surface area contributed by atoms with Crippen LogP contribution in [0.5, 0.6) is 11.5 Å². The Balaban J connectivity index is 1.44. The van der Waals surface area contributed by atoms with Crippen molar-refractivity contribution in [3.63, 3.8) is 0 Å². The molecule has 1 aromatic heterocycles. The number of phenolic OH excluding ortho intramolecular Hbond substituents is 1. The minimum Gasteiger partial charge on any atom is -0.507 e. The van der Waals surface area contributed by atoms with Crippen LogP contribution in [-0.4, -0.2) is 20.1 Å². The lowest BCUT2D eigenvalue weighted by Gasteiger charge is -2.11. The zero-order valence-electron chi connectivity index (χ0n) is 20.9. The molecular formula is C33H24N4O2. The van der Waals surface area contributed by atoms with Crippen LogP contribution in [0.15, 0.2) is 127 Å². The quantitative estimate of drug-likeness (QED) is 0.232. The summed E-state index contributed by atoms with van der Waals surface area (Å²) in [5.74, 6) is 6.90. The largest absolute Gasteiger partial charge is 0.507 e. The second kappa shape index (κ2) is 10.6. The molecule has 0 saturated heterocycles. The number of benzene rings is 5. The maximum Gasteiger partial charge on any atom is 0.167 e. The molecule has 0 amide bonds. The lowest BCUT2D eigenvalue weighted by molar-refractivity contribution is 0.332. The highest BCUT2D eigenvalue weighted by Crippen LogP contribution is 2.33. The van der Waals surface area contributed by atoms with Crippen LogP contribution >= 0.6 is 0 Å². The van der Waals surface area contributed by atoms with E-state index in [0.717, 1.165) is 33.4 Å². The zero-order chi connectivity index (χ0) is 26.6. The smallest absolute Gasteiger partial charge is 0.167 e. The van der Waals surface area contributed by atoms with Crippen molar-refractivity contribution < 1.29 is 9.94 Å². The van der Waals surface area contributed by atoms with Crippen LogP contribution in [0.25, 0.3) is 56.4 Å². The van der Waals surface area contributed by atoms with E-state index >= 15 is 0 Å². The molecule has 6 aromatic rings. The lowest BCUT2D eigenvalue weighted by atomic mass is 10.0. The van der Waals surface area contributed by atoms with Gasteiger partial charge in [0.05, 0.1) is 5.56 Å². The minimum atomic E-state index is -0.0418. The molecule has 6 heteroatoms. The summed E-state index contributed by atoms with van der Waals surface area (Å²) in [5.41, 5.74) is 6.57. The van der Waals surface area contributed by atoms with Crippen LogP contribution in [0.4, 0.5) is 0 Å². The fourth-order valence-electron chi connectivity index (χ4n) is 4.41. The predicted molar refractivity (Wildman–Crippen MR) is 153 cm³/mol. The highest BCUT2D eigenvalue weighted by Gasteiger charge is 2.16. The third kappa shape index (κ3) is 5.09. The molecule has 6 rings (SSSR count). The minimum absolute atomic E-state index is 0.0418. The third-order valence-corrected chi connectivity index (χ3v) is 6.48. The number of rotatable bonds is 6. The van der Waals surface area contributed by atoms with E-state index in [1.807, 2.05) is 84.9 Å². The van der Waals surface area contributed by atoms with Crippen molar-refractivity contribution in [3.05, 3.63) is 127 Å². The predicted octanol–water partition coefficient (Wildman–Crippen LogP) is 7.16. The Kier molecular flexibility index (Phi) is 6.52. The molecule has 0 unspecified atom stereocenters. The van der Waals surface area contributed by atoms with Crippen LogP contribution in [0.3, 0.4) is 0 Å². The Morgan fingerprint density at radius 3 is 1.31 bits per heavy atom. The summed E-state index contributed by atoms with van der Waals surface area (Å²) in [4.78, 5) is 19.0. The van der Waals surface area contributed by atoms with Crippen molar-refractivity contribution >= 4 is 0 Å². The average molecular weight is 509 g/mol. The van der Waals surface area contributed by atoms with Gasteiger partial charge in [-0.1, -0.05) is 109 Å². The Morgan fingerprint density at radius 1 is 0.462 bits per heavy atom. The molecule has 1 heterocycles. The average Bonchev–Trinajstić information content (AvgIpc) is 3.02. The molecular weight excluding hydrogens is 484 g/mol. The van der Waals surface area contributed by atoms with Gasteiger partial charge in [-0.2, -0.15) is 5.90 Å². The molecule has 39 heavy (non-hydrogen) atoms. The SMILES string of the molecule is NOc1ccc(-c2nc(-c3ccc(-c4ccccc4)cc3)nc(-c3ccc(-c4ccccc4)cc3)n2)c(O)c1. The molecule has 0 fully saturated rings. The van der Waals surface area contributed by atoms with Crippen LogP contribution in [0, 0.1) is 0 Å². The van der Waals surface area contributed by atoms with Crippen molar-refractivity contribution in [2.45, 2.75) is 0 Å². The monoisotopic (exact) mass is 508 g/mol. The summed E-state index contributed by atoms with van der Waals surface area (Å²) in [6.07, 6.45) is 0. The molecule has 0 saturated carbocycles. The molecule has 0 aliphatic heterocycles. The van der Waals surface area contributed by atoms with Gasteiger partial charge in [-0.15, -0.1) is 0 Å². The van der Waals surface area contributed by atoms with E-state index < -0.39 is 0 Å². The molecule has 5 aromatic carbocycles. The number of nitrogens with zero attached hydrogens (tertiary/aromatic N) is 3. The second-order valence-electron chi connectivity index (χ2n) is 8.99. The molecule has 0 aliphatic rings. The summed E-state index contributed by atoms with van der Waals surface area (Å²) in [6.45, 7) is 0. The van der Waals surface area contributed by atoms with Crippen molar-refractivity contribution in [1.82, 2.24) is 15.0 Å². The van der Waals surface area contributed by atoms with Crippen LogP contribution in [0.2, 0.25) is 0 Å². The van der Waals surface area contributed by atoms with E-state index in [1.165, 1.54) is 6.07 Å². The number of hydrogen-bond acceptors (Lipinski definition) is 6. The van der Waals surface area contributed by atoms with Gasteiger partial charge < -0.3 is 9.94 Å². The van der Waals surface area contributed by atoms with Crippen LogP contribution in [0.1, 0.15) is 0 Å². The van der Waals surface area contributed by atoms with Gasteiger partial charge in [0.25, 0.3) is 0 Å². The van der Waals surface area contributed by atoms with Gasteiger partial charge in [-0.25, -0.2) is 15.0 Å². The highest BCUT2D eigenvalue weighted by molar-refractivity contribution is 5.73. The van der Waals surface area contributed by atoms with Gasteiger partial charge in [0, 0.05) is 17.2 Å². The third-order valence-electron chi connectivity index (χ3n) is 6.48. The van der Waals surface area contributed by atoms with Crippen molar-refractivity contribution in [3.8, 4) is 67.9 Å². The van der Waals surface area contributed by atoms with Gasteiger partial charge in [0.2, 0.25) is 0 Å². The van der Waals surface area contributed by atoms with Crippen molar-refractivity contribution in [1.29, 1.82) is 0 Å². The van der Waals surface area contributed by atoms with Crippen molar-refractivity contribution in [2.24, 2.45) is 5.90 Å². The summed E-state index contributed by atoms with van der Waals surface area (Å²) in [5, 5.41) is 10.7. The van der Waals surface area contributed by atoms with E-state index in [0.29, 0.717) is 28.8 Å². The molecule has 188 valence electrons. The number of phenols is 1. The molecule has 0 aliphatic carbocycles. The fraction of sp³-hybridized carbons (Fsp3) is 0. The van der Waals surface area contributed by atoms with Gasteiger partial charge in [0.15, 0.2) is 23.2 Å². The Morgan fingerprint density at radius 2 is 0.872 bits per heavy atom. The maximum atomic E-state index is 10.7. The zero-order valence-corrected chi connectivity index (χ0v) is 20.9. The molecule has 0 bridgehead atoms. The Labute approximate surface area is 226 Å². The van der Waals surface area contributed by atoms with Gasteiger partial charge in [-0.3, -0.25) is 0 Å². The number of hydrogen-bond donors (Lipinski definition) is 2. The Hall–Kier alpha value is -5.33. The first kappa shape index (κ1) is 24.0. The van der Waals surface area contributed by atoms with E-state index in [-0.39, 0.29) is 5.75 Å². The van der Waals surface area contributed by atoms with E-state index in [9.17, 15) is 5.11 Å². The van der Waals surface area contributed by atoms with E-state index in [2.05, 4.69) is 24.3 Å². The first-order valence-corrected chi connectivity index (χ1v) is 12.5. The summed E-state index contributed by atoms with van der Waals surface area (Å²) in [7, 11) is 0. The summed E-state index contributed by atoms with van der Waals surface area (Å²) < 4.78 is 0. The number of aromatic nitrogens is 3. The van der Waals surface area contributed by atoms with E-state index in [4.69, 9.17) is 25.7 Å². The number of aromatic hydroxyl groups is 1. The normalized spacial score (nSPS) is 10.8. The Bertz CT molecular complexity index is 1620. The molecule has 6 nitrogen and oxygen atoms in total. The topological polar surface area (TPSA) is 94.2 Å². The van der Waals surface area contributed by atoms with E-state index in [1.54, 1.807) is 12.1 Å². The standard InChI is InChI=1S/C33H24N4O2/c34-39-28-19-20-29(30(38)21-28)33-36-31(26-15-11-24(12-16-26)22-7-3-1-4-8-22)35-32(37-33)27-17-13-25(14-18-27)23-9-5-2-6-10-23/h1-21,38H,34H2. The molecule has 0 radical (unpaired) electrons. The van der Waals surface area contributed by atoms with Gasteiger partial charge in [-0.05, 0) is 34.4 Å². The first-order chi connectivity index (χ1) is 19.2. The fourth-order valence-corrected chi connectivity index (χ4v) is 4.41. The van der Waals surface area contributed by atoms with Gasteiger partial charge >= 0.3 is 0 Å².